The number of rotatable bonds is 6. The lowest BCUT2D eigenvalue weighted by molar-refractivity contribution is 0.391. The Morgan fingerprint density at radius 1 is 1.24 bits per heavy atom. The number of hydrogen-bond acceptors (Lipinski definition) is 6. The van der Waals surface area contributed by atoms with E-state index in [4.69, 9.17) is 11.6 Å². The molecule has 96 valence electrons. The van der Waals surface area contributed by atoms with E-state index in [0.717, 1.165) is 13.1 Å². The maximum absolute atomic E-state index is 5.82. The molecule has 1 aromatic heterocycles. The fraction of sp³-hybridized carbons (Fsp3) is 0.700. The van der Waals surface area contributed by atoms with Crippen molar-refractivity contribution in [2.75, 3.05) is 37.8 Å². The molecule has 0 spiro atoms. The molecule has 1 rings (SSSR count). The Hall–Kier alpha value is -1.14. The molecule has 1 heterocycles. The van der Waals surface area contributed by atoms with Crippen molar-refractivity contribution in [1.82, 2.24) is 19.9 Å². The van der Waals surface area contributed by atoms with Gasteiger partial charge in [0, 0.05) is 19.1 Å². The van der Waals surface area contributed by atoms with E-state index in [1.165, 1.54) is 0 Å². The predicted molar refractivity (Wildman–Crippen MR) is 70.6 cm³/mol. The molecule has 0 radical (unpaired) electrons. The first-order chi connectivity index (χ1) is 8.01. The van der Waals surface area contributed by atoms with Crippen molar-refractivity contribution < 1.29 is 0 Å². The third-order valence-corrected chi connectivity index (χ3v) is 2.13. The summed E-state index contributed by atoms with van der Waals surface area (Å²) in [5, 5.41) is 6.38. The first kappa shape index (κ1) is 13.9. The standard InChI is InChI=1S/C10H19ClN6/c1-5-12-9-14-8(11)15-10(16-9)13-7(2)6-17(3)4/h7H,5-6H2,1-4H3,(H2,12,13,14,15,16). The van der Waals surface area contributed by atoms with E-state index < -0.39 is 0 Å². The van der Waals surface area contributed by atoms with Crippen molar-refractivity contribution in [1.29, 1.82) is 0 Å². The van der Waals surface area contributed by atoms with Gasteiger partial charge in [-0.3, -0.25) is 0 Å². The Labute approximate surface area is 107 Å². The van der Waals surface area contributed by atoms with Crippen molar-refractivity contribution in [3.05, 3.63) is 5.28 Å². The lowest BCUT2D eigenvalue weighted by Gasteiger charge is -2.18. The molecule has 6 nitrogen and oxygen atoms in total. The van der Waals surface area contributed by atoms with Crippen LogP contribution in [0.2, 0.25) is 5.28 Å². The molecule has 0 aromatic carbocycles. The number of anilines is 2. The van der Waals surface area contributed by atoms with E-state index in [9.17, 15) is 0 Å². The van der Waals surface area contributed by atoms with E-state index >= 15 is 0 Å². The summed E-state index contributed by atoms with van der Waals surface area (Å²) >= 11 is 5.82. The Kier molecular flexibility index (Phi) is 5.37. The van der Waals surface area contributed by atoms with E-state index in [0.29, 0.717) is 11.9 Å². The summed E-state index contributed by atoms with van der Waals surface area (Å²) < 4.78 is 0. The second kappa shape index (κ2) is 6.56. The average molecular weight is 259 g/mol. The molecule has 0 aliphatic carbocycles. The highest BCUT2D eigenvalue weighted by Crippen LogP contribution is 2.10. The Morgan fingerprint density at radius 3 is 2.47 bits per heavy atom. The lowest BCUT2D eigenvalue weighted by Crippen LogP contribution is -2.30. The number of aromatic nitrogens is 3. The zero-order valence-corrected chi connectivity index (χ0v) is 11.4. The molecule has 0 saturated heterocycles. The van der Waals surface area contributed by atoms with E-state index in [1.54, 1.807) is 0 Å². The maximum atomic E-state index is 5.82. The summed E-state index contributed by atoms with van der Waals surface area (Å²) in [7, 11) is 4.03. The molecule has 1 unspecified atom stereocenters. The number of likely N-dealkylation sites (N-methyl/N-ethyl adjacent to an activating group) is 1. The van der Waals surface area contributed by atoms with Crippen LogP contribution in [0.4, 0.5) is 11.9 Å². The van der Waals surface area contributed by atoms with Gasteiger partial charge in [-0.25, -0.2) is 0 Å². The van der Waals surface area contributed by atoms with Crippen LogP contribution in [0.3, 0.4) is 0 Å². The number of nitrogens with zero attached hydrogens (tertiary/aromatic N) is 4. The minimum absolute atomic E-state index is 0.190. The number of nitrogens with one attached hydrogen (secondary N) is 2. The fourth-order valence-electron chi connectivity index (χ4n) is 1.47. The molecular formula is C10H19ClN6. The smallest absolute Gasteiger partial charge is 0.229 e. The molecule has 7 heteroatoms. The summed E-state index contributed by atoms with van der Waals surface area (Å²) in [6, 6.07) is 0.234. The highest BCUT2D eigenvalue weighted by Gasteiger charge is 2.08. The molecule has 0 fully saturated rings. The maximum Gasteiger partial charge on any atom is 0.229 e. The first-order valence-electron chi connectivity index (χ1n) is 5.58. The molecule has 0 aliphatic heterocycles. The summed E-state index contributed by atoms with van der Waals surface area (Å²) in [5.74, 6) is 0.988. The van der Waals surface area contributed by atoms with Crippen LogP contribution in [0, 0.1) is 0 Å². The second-order valence-corrected chi connectivity index (χ2v) is 4.43. The van der Waals surface area contributed by atoms with Gasteiger partial charge in [0.25, 0.3) is 0 Å². The number of halogens is 1. The van der Waals surface area contributed by atoms with Crippen LogP contribution in [0.5, 0.6) is 0 Å². The van der Waals surface area contributed by atoms with E-state index in [-0.39, 0.29) is 11.3 Å². The van der Waals surface area contributed by atoms with Crippen LogP contribution in [-0.2, 0) is 0 Å². The zero-order valence-electron chi connectivity index (χ0n) is 10.7. The average Bonchev–Trinajstić information content (AvgIpc) is 2.14. The van der Waals surface area contributed by atoms with Crippen molar-refractivity contribution in [2.24, 2.45) is 0 Å². The van der Waals surface area contributed by atoms with Crippen LogP contribution in [-0.4, -0.2) is 53.1 Å². The molecule has 1 atom stereocenters. The van der Waals surface area contributed by atoms with Crippen LogP contribution < -0.4 is 10.6 Å². The summed E-state index contributed by atoms with van der Waals surface area (Å²) in [4.78, 5) is 14.3. The Morgan fingerprint density at radius 2 is 1.88 bits per heavy atom. The van der Waals surface area contributed by atoms with Gasteiger partial charge in [-0.2, -0.15) is 15.0 Å². The van der Waals surface area contributed by atoms with Gasteiger partial charge in [-0.1, -0.05) is 0 Å². The van der Waals surface area contributed by atoms with E-state index in [2.05, 4.69) is 37.4 Å². The topological polar surface area (TPSA) is 66.0 Å². The molecule has 0 saturated carbocycles. The van der Waals surface area contributed by atoms with Crippen LogP contribution in [0.25, 0.3) is 0 Å². The molecule has 2 N–H and O–H groups in total. The highest BCUT2D eigenvalue weighted by atomic mass is 35.5. The Balaban J connectivity index is 2.69. The van der Waals surface area contributed by atoms with Gasteiger partial charge < -0.3 is 15.5 Å². The van der Waals surface area contributed by atoms with Crippen LogP contribution >= 0.6 is 11.6 Å². The third-order valence-electron chi connectivity index (χ3n) is 1.96. The third kappa shape index (κ3) is 5.14. The van der Waals surface area contributed by atoms with Gasteiger partial charge in [0.1, 0.15) is 0 Å². The van der Waals surface area contributed by atoms with Crippen molar-refractivity contribution in [2.45, 2.75) is 19.9 Å². The van der Waals surface area contributed by atoms with Gasteiger partial charge in [-0.05, 0) is 39.5 Å². The summed E-state index contributed by atoms with van der Waals surface area (Å²) in [6.45, 7) is 5.66. The molecule has 0 aliphatic rings. The lowest BCUT2D eigenvalue weighted by atomic mass is 10.3. The van der Waals surface area contributed by atoms with Crippen LogP contribution in [0.1, 0.15) is 13.8 Å². The number of hydrogen-bond donors (Lipinski definition) is 2. The van der Waals surface area contributed by atoms with E-state index in [1.807, 2.05) is 21.0 Å². The molecule has 0 amide bonds. The predicted octanol–water partition coefficient (Wildman–Crippen LogP) is 1.32. The summed E-state index contributed by atoms with van der Waals surface area (Å²) in [5.41, 5.74) is 0. The molecule has 17 heavy (non-hydrogen) atoms. The van der Waals surface area contributed by atoms with Crippen molar-refractivity contribution in [3.63, 3.8) is 0 Å². The van der Waals surface area contributed by atoms with Gasteiger partial charge in [0.2, 0.25) is 17.2 Å². The van der Waals surface area contributed by atoms with Crippen LogP contribution in [0.15, 0.2) is 0 Å². The van der Waals surface area contributed by atoms with Gasteiger partial charge in [0.05, 0.1) is 0 Å². The monoisotopic (exact) mass is 258 g/mol. The van der Waals surface area contributed by atoms with Crippen molar-refractivity contribution >= 4 is 23.5 Å². The summed E-state index contributed by atoms with van der Waals surface area (Å²) in [6.07, 6.45) is 0. The molecule has 1 aromatic rings. The molecule has 0 bridgehead atoms. The Bertz CT molecular complexity index is 357. The van der Waals surface area contributed by atoms with Gasteiger partial charge >= 0.3 is 0 Å². The first-order valence-corrected chi connectivity index (χ1v) is 5.95. The largest absolute Gasteiger partial charge is 0.354 e. The molecular weight excluding hydrogens is 240 g/mol. The minimum Gasteiger partial charge on any atom is -0.354 e. The highest BCUT2D eigenvalue weighted by molar-refractivity contribution is 6.28. The fourth-order valence-corrected chi connectivity index (χ4v) is 1.63. The second-order valence-electron chi connectivity index (χ2n) is 4.09. The normalized spacial score (nSPS) is 12.6. The SMILES string of the molecule is CCNc1nc(Cl)nc(NC(C)CN(C)C)n1. The van der Waals surface area contributed by atoms with Gasteiger partial charge in [0.15, 0.2) is 0 Å². The quantitative estimate of drug-likeness (QED) is 0.802. The minimum atomic E-state index is 0.190. The van der Waals surface area contributed by atoms with Crippen molar-refractivity contribution in [3.8, 4) is 0 Å². The zero-order chi connectivity index (χ0) is 12.8. The van der Waals surface area contributed by atoms with Gasteiger partial charge in [-0.15, -0.1) is 0 Å².